The average molecular weight is 260 g/mol. The van der Waals surface area contributed by atoms with Gasteiger partial charge in [-0.15, -0.1) is 0 Å². The van der Waals surface area contributed by atoms with E-state index in [0.717, 1.165) is 12.3 Å². The van der Waals surface area contributed by atoms with E-state index in [1.54, 1.807) is 0 Å². The molecule has 0 aliphatic rings. The number of allylic oxidation sites excluding steroid dienone is 2. The van der Waals surface area contributed by atoms with Crippen LogP contribution in [0.15, 0.2) is 40.9 Å². The fourth-order valence-corrected chi connectivity index (χ4v) is 2.90. The van der Waals surface area contributed by atoms with Gasteiger partial charge in [0.25, 0.3) is 0 Å². The molecular weight excluding hydrogens is 247 g/mol. The molecule has 0 heterocycles. The number of halogens is 1. The van der Waals surface area contributed by atoms with Crippen LogP contribution in [-0.4, -0.2) is 20.8 Å². The molecule has 0 aliphatic carbocycles. The number of hydrogen-bond acceptors (Lipinski definition) is 0. The third-order valence-corrected chi connectivity index (χ3v) is 3.87. The quantitative estimate of drug-likeness (QED) is 0.576. The van der Waals surface area contributed by atoms with Crippen LogP contribution >= 0.6 is 11.6 Å². The van der Waals surface area contributed by atoms with Gasteiger partial charge >= 0.3 is 91.1 Å². The molecule has 0 unspecified atom stereocenters. The van der Waals surface area contributed by atoms with Crippen LogP contribution in [0.2, 0.25) is 0 Å². The van der Waals surface area contributed by atoms with Crippen molar-refractivity contribution in [3.63, 3.8) is 0 Å². The van der Waals surface area contributed by atoms with Crippen molar-refractivity contribution in [1.29, 1.82) is 0 Å². The molecule has 70 valence electrons. The first kappa shape index (κ1) is 10.8. The fourth-order valence-electron chi connectivity index (χ4n) is 0.974. The topological polar surface area (TPSA) is 0 Å². The van der Waals surface area contributed by atoms with E-state index in [1.165, 1.54) is 8.93 Å². The molecule has 2 heteroatoms. The van der Waals surface area contributed by atoms with Crippen molar-refractivity contribution in [2.24, 2.45) is 0 Å². The van der Waals surface area contributed by atoms with Gasteiger partial charge in [-0.05, 0) is 0 Å². The van der Waals surface area contributed by atoms with Gasteiger partial charge in [-0.3, -0.25) is 0 Å². The minimum absolute atomic E-state index is 0.479. The van der Waals surface area contributed by atoms with Gasteiger partial charge in [0.1, 0.15) is 0 Å². The molecule has 0 amide bonds. The van der Waals surface area contributed by atoms with E-state index in [2.05, 4.69) is 43.3 Å². The Morgan fingerprint density at radius 1 is 1.38 bits per heavy atom. The zero-order valence-corrected chi connectivity index (χ0v) is 10.1. The van der Waals surface area contributed by atoms with Crippen molar-refractivity contribution in [3.05, 3.63) is 40.9 Å². The van der Waals surface area contributed by atoms with E-state index in [9.17, 15) is 0 Å². The molecule has 0 spiro atoms. The second-order valence-electron chi connectivity index (χ2n) is 2.71. The van der Waals surface area contributed by atoms with Crippen molar-refractivity contribution in [1.82, 2.24) is 0 Å². The van der Waals surface area contributed by atoms with Gasteiger partial charge in [0.15, 0.2) is 0 Å². The van der Waals surface area contributed by atoms with Crippen molar-refractivity contribution in [2.45, 2.75) is 13.3 Å². The molecule has 0 atom stereocenters. The van der Waals surface area contributed by atoms with Crippen LogP contribution in [0.3, 0.4) is 0 Å². The van der Waals surface area contributed by atoms with E-state index >= 15 is 0 Å². The van der Waals surface area contributed by atoms with E-state index in [1.807, 2.05) is 0 Å². The van der Waals surface area contributed by atoms with E-state index in [0.29, 0.717) is 15.0 Å². The van der Waals surface area contributed by atoms with Gasteiger partial charge in [0.05, 0.1) is 0 Å². The minimum atomic E-state index is 0.479. The van der Waals surface area contributed by atoms with E-state index < -0.39 is 0 Å². The molecule has 0 saturated carbocycles. The fraction of sp³-hybridized carbons (Fsp3) is 0.273. The number of benzene rings is 1. The third-order valence-electron chi connectivity index (χ3n) is 1.56. The molecule has 1 rings (SSSR count). The van der Waals surface area contributed by atoms with Crippen molar-refractivity contribution in [2.75, 3.05) is 5.88 Å². The number of alkyl halides is 1. The monoisotopic (exact) mass is 260 g/mol. The Balaban J connectivity index is 2.50. The maximum absolute atomic E-state index is 5.61. The molecule has 0 fully saturated rings. The molecular formula is C11H13ClSe. The Morgan fingerprint density at radius 3 is 2.69 bits per heavy atom. The van der Waals surface area contributed by atoms with Crippen LogP contribution in [0, 0.1) is 0 Å². The standard InChI is InChI=1S/C11H13ClSe/c1-10(6-5-9-12)13-11-7-3-2-4-8-11/h2-4,6-8H,5,9H2,1H3/b10-6+. The molecule has 0 saturated heterocycles. The molecule has 0 aliphatic heterocycles. The van der Waals surface area contributed by atoms with Gasteiger partial charge in [-0.2, -0.15) is 0 Å². The molecule has 13 heavy (non-hydrogen) atoms. The molecule has 0 nitrogen and oxygen atoms in total. The summed E-state index contributed by atoms with van der Waals surface area (Å²) in [6.07, 6.45) is 3.22. The number of rotatable bonds is 4. The first-order valence-corrected chi connectivity index (χ1v) is 6.53. The Bertz CT molecular complexity index is 267. The normalized spacial score (nSPS) is 11.7. The molecule has 0 radical (unpaired) electrons. The SMILES string of the molecule is C/C(=C\CCCl)[Se]c1ccccc1. The number of hydrogen-bond donors (Lipinski definition) is 0. The van der Waals surface area contributed by atoms with Crippen LogP contribution in [0.25, 0.3) is 0 Å². The Morgan fingerprint density at radius 2 is 2.08 bits per heavy atom. The summed E-state index contributed by atoms with van der Waals surface area (Å²) in [5.74, 6) is 0.724. The molecule has 0 bridgehead atoms. The summed E-state index contributed by atoms with van der Waals surface area (Å²) in [5, 5.41) is 0. The summed E-state index contributed by atoms with van der Waals surface area (Å²) in [6.45, 7) is 2.18. The zero-order valence-electron chi connectivity index (χ0n) is 7.66. The average Bonchev–Trinajstić information content (AvgIpc) is 2.16. The van der Waals surface area contributed by atoms with E-state index in [-0.39, 0.29) is 0 Å². The van der Waals surface area contributed by atoms with Gasteiger partial charge < -0.3 is 0 Å². The Hall–Kier alpha value is -0.231. The molecule has 1 aromatic carbocycles. The molecule has 0 aromatic heterocycles. The third kappa shape index (κ3) is 4.52. The van der Waals surface area contributed by atoms with Crippen LogP contribution in [0.4, 0.5) is 0 Å². The summed E-state index contributed by atoms with van der Waals surface area (Å²) >= 11 is 6.09. The van der Waals surface area contributed by atoms with Gasteiger partial charge in [-0.1, -0.05) is 0 Å². The second-order valence-corrected chi connectivity index (χ2v) is 5.85. The van der Waals surface area contributed by atoms with Crippen molar-refractivity contribution >= 4 is 31.0 Å². The van der Waals surface area contributed by atoms with Crippen LogP contribution < -0.4 is 4.46 Å². The summed E-state index contributed by atoms with van der Waals surface area (Å²) in [7, 11) is 0. The summed E-state index contributed by atoms with van der Waals surface area (Å²) in [5.41, 5.74) is 0. The van der Waals surface area contributed by atoms with Crippen LogP contribution in [-0.2, 0) is 0 Å². The summed E-state index contributed by atoms with van der Waals surface area (Å²) in [6, 6.07) is 10.6. The van der Waals surface area contributed by atoms with Gasteiger partial charge in [0.2, 0.25) is 0 Å². The van der Waals surface area contributed by atoms with Crippen molar-refractivity contribution in [3.8, 4) is 0 Å². The zero-order chi connectivity index (χ0) is 9.52. The molecule has 0 N–H and O–H groups in total. The second kappa shape index (κ2) is 6.26. The molecule has 1 aromatic rings. The van der Waals surface area contributed by atoms with Crippen LogP contribution in [0.5, 0.6) is 0 Å². The Kier molecular flexibility index (Phi) is 5.22. The Labute approximate surface area is 91.2 Å². The maximum atomic E-state index is 5.61. The predicted octanol–water partition coefficient (Wildman–Crippen LogP) is 2.55. The first-order chi connectivity index (χ1) is 6.33. The van der Waals surface area contributed by atoms with Crippen molar-refractivity contribution < 1.29 is 0 Å². The van der Waals surface area contributed by atoms with Gasteiger partial charge in [0, 0.05) is 0 Å². The predicted molar refractivity (Wildman–Crippen MR) is 60.9 cm³/mol. The first-order valence-electron chi connectivity index (χ1n) is 4.28. The van der Waals surface area contributed by atoms with Gasteiger partial charge in [-0.25, -0.2) is 0 Å². The summed E-state index contributed by atoms with van der Waals surface area (Å²) < 4.78 is 2.89. The van der Waals surface area contributed by atoms with E-state index in [4.69, 9.17) is 11.6 Å². The summed E-state index contributed by atoms with van der Waals surface area (Å²) in [4.78, 5) is 0. The van der Waals surface area contributed by atoms with Crippen LogP contribution in [0.1, 0.15) is 13.3 Å².